The van der Waals surface area contributed by atoms with Crippen LogP contribution in [0.15, 0.2) is 40.6 Å². The summed E-state index contributed by atoms with van der Waals surface area (Å²) in [6, 6.07) is 12.4. The predicted octanol–water partition coefficient (Wildman–Crippen LogP) is 5.82. The molecular formula is C24H27N3O2. The molecule has 5 heteroatoms. The maximum Gasteiger partial charge on any atom is 0.0998 e. The van der Waals surface area contributed by atoms with Crippen LogP contribution in [-0.4, -0.2) is 21.8 Å². The first kappa shape index (κ1) is 20.6. The van der Waals surface area contributed by atoms with Crippen LogP contribution in [0.1, 0.15) is 81.2 Å². The molecule has 2 aromatic carbocycles. The first-order valence-corrected chi connectivity index (χ1v) is 10.2. The molecule has 0 aliphatic heterocycles. The molecule has 5 nitrogen and oxygen atoms in total. The van der Waals surface area contributed by atoms with Gasteiger partial charge in [0.05, 0.1) is 23.1 Å². The van der Waals surface area contributed by atoms with Crippen LogP contribution in [0.5, 0.6) is 0 Å². The molecular weight excluding hydrogens is 362 g/mol. The van der Waals surface area contributed by atoms with E-state index in [9.17, 15) is 15.7 Å². The molecule has 0 unspecified atom stereocenters. The topological polar surface area (TPSA) is 89.0 Å². The third kappa shape index (κ3) is 3.00. The zero-order valence-electron chi connectivity index (χ0n) is 17.5. The number of rotatable bonds is 6. The summed E-state index contributed by atoms with van der Waals surface area (Å²) < 4.78 is 0. The number of fused-ring (bicyclic) bond motifs is 3. The van der Waals surface area contributed by atoms with Crippen molar-refractivity contribution in [1.29, 1.82) is 5.26 Å². The monoisotopic (exact) mass is 389 g/mol. The van der Waals surface area contributed by atoms with E-state index < -0.39 is 0 Å². The summed E-state index contributed by atoms with van der Waals surface area (Å²) >= 11 is 0. The zero-order chi connectivity index (χ0) is 21.2. The van der Waals surface area contributed by atoms with E-state index in [2.05, 4.69) is 42.4 Å². The maximum atomic E-state index is 9.91. The smallest absolute Gasteiger partial charge is 0.0998 e. The van der Waals surface area contributed by atoms with Crippen molar-refractivity contribution in [3.63, 3.8) is 0 Å². The molecule has 2 N–H and O–H groups in total. The first-order chi connectivity index (χ1) is 14.0. The number of benzene rings is 2. The lowest BCUT2D eigenvalue weighted by Crippen LogP contribution is -2.24. The minimum atomic E-state index is -0.245. The van der Waals surface area contributed by atoms with Crippen LogP contribution in [0.25, 0.3) is 11.1 Å². The van der Waals surface area contributed by atoms with Crippen LogP contribution in [0.4, 0.5) is 0 Å². The van der Waals surface area contributed by atoms with Crippen molar-refractivity contribution in [3.8, 4) is 17.2 Å². The van der Waals surface area contributed by atoms with Gasteiger partial charge in [-0.15, -0.1) is 0 Å². The van der Waals surface area contributed by atoms with E-state index in [0.717, 1.165) is 46.2 Å². The number of hydrogen-bond acceptors (Lipinski definition) is 5. The second-order valence-corrected chi connectivity index (χ2v) is 7.41. The van der Waals surface area contributed by atoms with Gasteiger partial charge in [0.1, 0.15) is 0 Å². The van der Waals surface area contributed by atoms with E-state index in [4.69, 9.17) is 0 Å². The SMILES string of the molecule is CC/C(=N\O)c1ccc2c(c1)C(CC)(CC)c1cc(/C(CC)=N/O)cc(C#N)c1-2. The number of nitriles is 1. The van der Waals surface area contributed by atoms with Gasteiger partial charge in [0.15, 0.2) is 0 Å². The highest BCUT2D eigenvalue weighted by Crippen LogP contribution is 2.54. The summed E-state index contributed by atoms with van der Waals surface area (Å²) in [7, 11) is 0. The van der Waals surface area contributed by atoms with Gasteiger partial charge in [0.2, 0.25) is 0 Å². The fourth-order valence-corrected chi connectivity index (χ4v) is 4.72. The van der Waals surface area contributed by atoms with Crippen LogP contribution < -0.4 is 0 Å². The Morgan fingerprint density at radius 1 is 0.897 bits per heavy atom. The van der Waals surface area contributed by atoms with E-state index >= 15 is 0 Å². The molecule has 0 saturated heterocycles. The predicted molar refractivity (Wildman–Crippen MR) is 115 cm³/mol. The summed E-state index contributed by atoms with van der Waals surface area (Å²) in [5.74, 6) is 0. The highest BCUT2D eigenvalue weighted by molar-refractivity contribution is 6.03. The Balaban J connectivity index is 2.38. The van der Waals surface area contributed by atoms with Crippen molar-refractivity contribution in [2.45, 2.75) is 58.8 Å². The Morgan fingerprint density at radius 2 is 1.48 bits per heavy atom. The fraction of sp³-hybridized carbons (Fsp3) is 0.375. The second-order valence-electron chi connectivity index (χ2n) is 7.41. The third-order valence-electron chi connectivity index (χ3n) is 6.36. The van der Waals surface area contributed by atoms with Gasteiger partial charge in [-0.3, -0.25) is 0 Å². The average molecular weight is 389 g/mol. The van der Waals surface area contributed by atoms with E-state index in [1.54, 1.807) is 0 Å². The Bertz CT molecular complexity index is 1040. The molecule has 2 aromatic rings. The summed E-state index contributed by atoms with van der Waals surface area (Å²) in [5.41, 5.74) is 7.55. The van der Waals surface area contributed by atoms with Crippen molar-refractivity contribution in [2.75, 3.05) is 0 Å². The number of oxime groups is 2. The highest BCUT2D eigenvalue weighted by Gasteiger charge is 2.42. The lowest BCUT2D eigenvalue weighted by Gasteiger charge is -2.30. The largest absolute Gasteiger partial charge is 0.411 e. The van der Waals surface area contributed by atoms with Crippen LogP contribution >= 0.6 is 0 Å². The van der Waals surface area contributed by atoms with Crippen molar-refractivity contribution < 1.29 is 10.4 Å². The highest BCUT2D eigenvalue weighted by atomic mass is 16.4. The molecule has 0 fully saturated rings. The zero-order valence-corrected chi connectivity index (χ0v) is 17.5. The molecule has 1 aliphatic carbocycles. The molecule has 0 bridgehead atoms. The van der Waals surface area contributed by atoms with Crippen LogP contribution in [0.3, 0.4) is 0 Å². The Hall–Kier alpha value is -3.13. The maximum absolute atomic E-state index is 9.91. The molecule has 150 valence electrons. The van der Waals surface area contributed by atoms with E-state index in [0.29, 0.717) is 29.8 Å². The van der Waals surface area contributed by atoms with Gasteiger partial charge in [-0.2, -0.15) is 5.26 Å². The quantitative estimate of drug-likeness (QED) is 0.370. The van der Waals surface area contributed by atoms with Crippen LogP contribution in [0.2, 0.25) is 0 Å². The van der Waals surface area contributed by atoms with Gasteiger partial charge in [-0.1, -0.05) is 50.1 Å². The lowest BCUT2D eigenvalue weighted by molar-refractivity contribution is 0.318. The van der Waals surface area contributed by atoms with Crippen molar-refractivity contribution in [2.24, 2.45) is 10.3 Å². The van der Waals surface area contributed by atoms with Crippen molar-refractivity contribution >= 4 is 11.4 Å². The Kier molecular flexibility index (Phi) is 5.74. The van der Waals surface area contributed by atoms with Gasteiger partial charge >= 0.3 is 0 Å². The van der Waals surface area contributed by atoms with Crippen molar-refractivity contribution in [1.82, 2.24) is 0 Å². The van der Waals surface area contributed by atoms with Crippen molar-refractivity contribution in [3.05, 3.63) is 58.1 Å². The fourth-order valence-electron chi connectivity index (χ4n) is 4.72. The molecule has 29 heavy (non-hydrogen) atoms. The van der Waals surface area contributed by atoms with Gasteiger partial charge in [-0.25, -0.2) is 0 Å². The molecule has 0 saturated carbocycles. The minimum absolute atomic E-state index is 0.245. The molecule has 0 radical (unpaired) electrons. The number of nitrogens with zero attached hydrogens (tertiary/aromatic N) is 3. The summed E-state index contributed by atoms with van der Waals surface area (Å²) in [6.45, 7) is 8.22. The van der Waals surface area contributed by atoms with E-state index in [1.165, 1.54) is 0 Å². The van der Waals surface area contributed by atoms with E-state index in [-0.39, 0.29) is 5.41 Å². The summed E-state index contributed by atoms with van der Waals surface area (Å²) in [6.07, 6.45) is 2.96. The lowest BCUT2D eigenvalue weighted by atomic mass is 9.73. The van der Waals surface area contributed by atoms with Gasteiger partial charge in [0.25, 0.3) is 0 Å². The van der Waals surface area contributed by atoms with Crippen LogP contribution in [0, 0.1) is 11.3 Å². The summed E-state index contributed by atoms with van der Waals surface area (Å²) in [5, 5.41) is 35.6. The van der Waals surface area contributed by atoms with Gasteiger partial charge in [0, 0.05) is 16.5 Å². The van der Waals surface area contributed by atoms with Crippen LogP contribution in [-0.2, 0) is 5.41 Å². The normalized spacial score (nSPS) is 15.0. The molecule has 0 heterocycles. The molecule has 0 amide bonds. The minimum Gasteiger partial charge on any atom is -0.411 e. The summed E-state index contributed by atoms with van der Waals surface area (Å²) in [4.78, 5) is 0. The standard InChI is InChI=1S/C24H27N3O2/c1-5-21(26-28)15-9-10-18-19(12-15)24(7-3,8-4)20-13-16(22(6-2)27-29)11-17(14-25)23(18)20/h9-13,28-29H,5-8H2,1-4H3/b26-21+,27-22+. The number of hydrogen-bond donors (Lipinski definition) is 2. The molecule has 0 aromatic heterocycles. The molecule has 0 atom stereocenters. The molecule has 1 aliphatic rings. The first-order valence-electron chi connectivity index (χ1n) is 10.2. The van der Waals surface area contributed by atoms with Gasteiger partial charge in [-0.05, 0) is 66.1 Å². The molecule has 0 spiro atoms. The van der Waals surface area contributed by atoms with Gasteiger partial charge < -0.3 is 10.4 Å². The average Bonchev–Trinajstić information content (AvgIpc) is 3.04. The van der Waals surface area contributed by atoms with E-state index in [1.807, 2.05) is 32.0 Å². The Morgan fingerprint density at radius 3 is 2.00 bits per heavy atom. The third-order valence-corrected chi connectivity index (χ3v) is 6.36. The second kappa shape index (κ2) is 8.08. The Labute approximate surface area is 172 Å². The molecule has 3 rings (SSSR count).